The van der Waals surface area contributed by atoms with Gasteiger partial charge in [0.2, 0.25) is 0 Å². The fraction of sp³-hybridized carbons (Fsp3) is 0.625. The Morgan fingerprint density at radius 1 is 1.20 bits per heavy atom. The fourth-order valence-electron chi connectivity index (χ4n) is 3.67. The average Bonchev–Trinajstić information content (AvgIpc) is 2.49. The van der Waals surface area contributed by atoms with Crippen molar-refractivity contribution in [2.75, 3.05) is 19.8 Å². The summed E-state index contributed by atoms with van der Waals surface area (Å²) >= 11 is 6.41. The second-order valence-electron chi connectivity index (χ2n) is 5.93. The highest BCUT2D eigenvalue weighted by Gasteiger charge is 2.38. The molecule has 2 aliphatic rings. The van der Waals surface area contributed by atoms with E-state index in [0.717, 1.165) is 34.9 Å². The van der Waals surface area contributed by atoms with Crippen molar-refractivity contribution in [3.05, 3.63) is 22.2 Å². The molecule has 0 atom stereocenters. The van der Waals surface area contributed by atoms with E-state index in [1.165, 1.54) is 24.8 Å². The summed E-state index contributed by atoms with van der Waals surface area (Å²) in [7, 11) is 0. The Hall–Kier alpha value is -0.930. The summed E-state index contributed by atoms with van der Waals surface area (Å²) in [5.74, 6) is 1.66. The predicted octanol–water partition coefficient (Wildman–Crippen LogP) is 3.58. The van der Waals surface area contributed by atoms with E-state index in [4.69, 9.17) is 26.8 Å². The largest absolute Gasteiger partial charge is 0.486 e. The zero-order valence-corrected chi connectivity index (χ0v) is 12.8. The summed E-state index contributed by atoms with van der Waals surface area (Å²) in [6.07, 6.45) is 5.96. The molecule has 0 saturated heterocycles. The monoisotopic (exact) mass is 295 g/mol. The molecule has 1 aromatic rings. The highest BCUT2D eigenvalue weighted by Crippen LogP contribution is 2.50. The van der Waals surface area contributed by atoms with Crippen molar-refractivity contribution in [2.45, 2.75) is 44.4 Å². The lowest BCUT2D eigenvalue weighted by molar-refractivity contribution is 0.163. The van der Waals surface area contributed by atoms with Gasteiger partial charge in [0.15, 0.2) is 11.5 Å². The van der Waals surface area contributed by atoms with Crippen LogP contribution in [0.4, 0.5) is 0 Å². The van der Waals surface area contributed by atoms with Gasteiger partial charge in [0.25, 0.3) is 0 Å². The number of hydrogen-bond donors (Lipinski definition) is 1. The van der Waals surface area contributed by atoms with Crippen molar-refractivity contribution >= 4 is 11.6 Å². The lowest BCUT2D eigenvalue weighted by atomic mass is 9.68. The molecule has 0 amide bonds. The molecule has 0 radical (unpaired) electrons. The van der Waals surface area contributed by atoms with Crippen LogP contribution >= 0.6 is 11.6 Å². The van der Waals surface area contributed by atoms with Gasteiger partial charge >= 0.3 is 0 Å². The Bertz CT molecular complexity index is 510. The van der Waals surface area contributed by atoms with Gasteiger partial charge in [0.05, 0.1) is 0 Å². The maximum Gasteiger partial charge on any atom is 0.165 e. The van der Waals surface area contributed by atoms with Crippen molar-refractivity contribution in [3.63, 3.8) is 0 Å². The Labute approximate surface area is 125 Å². The lowest BCUT2D eigenvalue weighted by Crippen LogP contribution is -2.38. The second-order valence-corrected chi connectivity index (χ2v) is 6.33. The molecule has 2 N–H and O–H groups in total. The van der Waals surface area contributed by atoms with Crippen LogP contribution in [0.2, 0.25) is 5.02 Å². The van der Waals surface area contributed by atoms with Gasteiger partial charge < -0.3 is 15.2 Å². The quantitative estimate of drug-likeness (QED) is 0.907. The first-order chi connectivity index (χ1) is 9.68. The zero-order valence-electron chi connectivity index (χ0n) is 12.0. The maximum absolute atomic E-state index is 6.41. The lowest BCUT2D eigenvalue weighted by Gasteiger charge is -2.40. The fourth-order valence-corrected chi connectivity index (χ4v) is 3.86. The molecular formula is C16H22ClNO2. The average molecular weight is 296 g/mol. The first-order valence-corrected chi connectivity index (χ1v) is 7.85. The molecule has 1 aliphatic heterocycles. The van der Waals surface area contributed by atoms with E-state index < -0.39 is 0 Å². The predicted molar refractivity (Wildman–Crippen MR) is 81.0 cm³/mol. The van der Waals surface area contributed by atoms with Gasteiger partial charge in [-0.3, -0.25) is 0 Å². The van der Waals surface area contributed by atoms with Gasteiger partial charge in [0, 0.05) is 28.6 Å². The summed E-state index contributed by atoms with van der Waals surface area (Å²) in [6.45, 7) is 3.90. The Kier molecular flexibility index (Phi) is 3.83. The highest BCUT2D eigenvalue weighted by molar-refractivity contribution is 6.31. The molecule has 0 bridgehead atoms. The van der Waals surface area contributed by atoms with Crippen LogP contribution < -0.4 is 15.2 Å². The van der Waals surface area contributed by atoms with E-state index in [2.05, 4.69) is 6.92 Å². The van der Waals surface area contributed by atoms with Crippen molar-refractivity contribution in [1.29, 1.82) is 0 Å². The SMILES string of the molecule is Cc1c(Cl)cc2c(c1C1(CN)CCCCC1)OCCO2. The molecular weight excluding hydrogens is 274 g/mol. The number of halogens is 1. The van der Waals surface area contributed by atoms with Crippen molar-refractivity contribution in [2.24, 2.45) is 5.73 Å². The van der Waals surface area contributed by atoms with Gasteiger partial charge in [-0.2, -0.15) is 0 Å². The standard InChI is InChI=1S/C16H22ClNO2/c1-11-12(17)9-13-15(20-8-7-19-13)14(11)16(10-18)5-3-2-4-6-16/h9H,2-8,10,18H2,1H3. The molecule has 0 spiro atoms. The van der Waals surface area contributed by atoms with Crippen LogP contribution in [-0.4, -0.2) is 19.8 Å². The molecule has 1 aromatic carbocycles. The van der Waals surface area contributed by atoms with Gasteiger partial charge in [0.1, 0.15) is 13.2 Å². The van der Waals surface area contributed by atoms with Crippen molar-refractivity contribution in [1.82, 2.24) is 0 Å². The second kappa shape index (κ2) is 5.45. The number of rotatable bonds is 2. The third-order valence-corrected chi connectivity index (χ3v) is 5.15. The van der Waals surface area contributed by atoms with E-state index >= 15 is 0 Å². The zero-order chi connectivity index (χ0) is 14.2. The summed E-state index contributed by atoms with van der Waals surface area (Å²) in [4.78, 5) is 0. The van der Waals surface area contributed by atoms with E-state index in [1.54, 1.807) is 0 Å². The molecule has 1 aliphatic carbocycles. The van der Waals surface area contributed by atoms with Crippen LogP contribution in [0.25, 0.3) is 0 Å². The number of benzene rings is 1. The third kappa shape index (κ3) is 2.17. The molecule has 4 heteroatoms. The van der Waals surface area contributed by atoms with Crippen molar-refractivity contribution in [3.8, 4) is 11.5 Å². The molecule has 3 nitrogen and oxygen atoms in total. The highest BCUT2D eigenvalue weighted by atomic mass is 35.5. The van der Waals surface area contributed by atoms with E-state index in [-0.39, 0.29) is 5.41 Å². The maximum atomic E-state index is 6.41. The van der Waals surface area contributed by atoms with E-state index in [9.17, 15) is 0 Å². The minimum atomic E-state index is -0.00197. The van der Waals surface area contributed by atoms with Crippen molar-refractivity contribution < 1.29 is 9.47 Å². The summed E-state index contributed by atoms with van der Waals surface area (Å²) < 4.78 is 11.7. The van der Waals surface area contributed by atoms with Crippen LogP contribution in [0, 0.1) is 6.92 Å². The van der Waals surface area contributed by atoms with E-state index in [1.807, 2.05) is 6.07 Å². The Morgan fingerprint density at radius 2 is 1.90 bits per heavy atom. The first kappa shape index (κ1) is 14.0. The van der Waals surface area contributed by atoms with E-state index in [0.29, 0.717) is 19.8 Å². The molecule has 0 aromatic heterocycles. The summed E-state index contributed by atoms with van der Waals surface area (Å²) in [5, 5.41) is 0.752. The number of hydrogen-bond acceptors (Lipinski definition) is 3. The summed E-state index contributed by atoms with van der Waals surface area (Å²) in [5.41, 5.74) is 8.48. The number of ether oxygens (including phenoxy) is 2. The van der Waals surface area contributed by atoms with Gasteiger partial charge in [-0.1, -0.05) is 30.9 Å². The molecule has 3 rings (SSSR count). The molecule has 0 unspecified atom stereocenters. The smallest absolute Gasteiger partial charge is 0.165 e. The summed E-state index contributed by atoms with van der Waals surface area (Å²) in [6, 6.07) is 1.88. The number of fused-ring (bicyclic) bond motifs is 1. The third-order valence-electron chi connectivity index (χ3n) is 4.76. The molecule has 110 valence electrons. The normalized spacial score (nSPS) is 20.8. The van der Waals surface area contributed by atoms with Gasteiger partial charge in [-0.05, 0) is 25.3 Å². The van der Waals surface area contributed by atoms with Crippen LogP contribution in [0.15, 0.2) is 6.07 Å². The Balaban J connectivity index is 2.17. The van der Waals surface area contributed by atoms with Crippen LogP contribution in [0.5, 0.6) is 11.5 Å². The minimum Gasteiger partial charge on any atom is -0.486 e. The molecule has 1 heterocycles. The van der Waals surface area contributed by atoms with Gasteiger partial charge in [-0.15, -0.1) is 0 Å². The number of nitrogens with two attached hydrogens (primary N) is 1. The van der Waals surface area contributed by atoms with Crippen LogP contribution in [0.3, 0.4) is 0 Å². The molecule has 20 heavy (non-hydrogen) atoms. The molecule has 1 saturated carbocycles. The first-order valence-electron chi connectivity index (χ1n) is 7.47. The van der Waals surface area contributed by atoms with Gasteiger partial charge in [-0.25, -0.2) is 0 Å². The Morgan fingerprint density at radius 3 is 2.60 bits per heavy atom. The molecule has 1 fully saturated rings. The van der Waals surface area contributed by atoms with Crippen LogP contribution in [-0.2, 0) is 5.41 Å². The van der Waals surface area contributed by atoms with Crippen LogP contribution in [0.1, 0.15) is 43.2 Å². The minimum absolute atomic E-state index is 0.00197. The topological polar surface area (TPSA) is 44.5 Å².